The molecule has 0 fully saturated rings. The molecule has 0 saturated carbocycles. The Morgan fingerprint density at radius 2 is 1.96 bits per heavy atom. The van der Waals surface area contributed by atoms with E-state index in [4.69, 9.17) is 0 Å². The number of halogens is 1. The molecule has 1 aromatic heterocycles. The molecule has 1 amide bonds. The molecule has 0 spiro atoms. The summed E-state index contributed by atoms with van der Waals surface area (Å²) in [5, 5.41) is 12.6. The Morgan fingerprint density at radius 3 is 2.79 bits per heavy atom. The van der Waals surface area contributed by atoms with E-state index in [1.807, 2.05) is 28.8 Å². The lowest BCUT2D eigenvalue weighted by Crippen LogP contribution is -2.29. The van der Waals surface area contributed by atoms with E-state index in [9.17, 15) is 14.3 Å². The number of hydrogen-bond donors (Lipinski definition) is 2. The van der Waals surface area contributed by atoms with Crippen molar-refractivity contribution in [1.29, 1.82) is 0 Å². The summed E-state index contributed by atoms with van der Waals surface area (Å²) in [5.74, 6) is -0.688. The molecular formula is C18H18FN3O2. The molecule has 0 unspecified atom stereocenters. The van der Waals surface area contributed by atoms with Crippen molar-refractivity contribution in [1.82, 2.24) is 14.9 Å². The number of aryl methyl sites for hydroxylation is 1. The number of nitrogens with one attached hydrogen (secondary N) is 1. The topological polar surface area (TPSA) is 67.2 Å². The van der Waals surface area contributed by atoms with Gasteiger partial charge in [0.15, 0.2) is 0 Å². The number of fused-ring (bicyclic) bond motifs is 1. The first-order valence-corrected chi connectivity index (χ1v) is 7.74. The number of benzene rings is 2. The fourth-order valence-electron chi connectivity index (χ4n) is 2.56. The molecule has 0 radical (unpaired) electrons. The van der Waals surface area contributed by atoms with Crippen molar-refractivity contribution in [3.8, 4) is 0 Å². The Kier molecular flexibility index (Phi) is 4.86. The van der Waals surface area contributed by atoms with Crippen molar-refractivity contribution < 1.29 is 14.3 Å². The quantitative estimate of drug-likeness (QED) is 0.731. The zero-order valence-electron chi connectivity index (χ0n) is 13.0. The number of carbonyl (C=O) groups excluding carboxylic acids is 1. The SMILES string of the molecule is O=C(CCn1cnc2ccccc21)NC[C@@H](O)c1ccccc1F. The van der Waals surface area contributed by atoms with Crippen molar-refractivity contribution in [3.05, 3.63) is 66.2 Å². The number of carbonyl (C=O) groups is 1. The van der Waals surface area contributed by atoms with Gasteiger partial charge >= 0.3 is 0 Å². The molecular weight excluding hydrogens is 309 g/mol. The van der Waals surface area contributed by atoms with Crippen molar-refractivity contribution in [3.63, 3.8) is 0 Å². The predicted octanol–water partition coefficient (Wildman–Crippen LogP) is 2.42. The highest BCUT2D eigenvalue weighted by Crippen LogP contribution is 2.16. The Hall–Kier alpha value is -2.73. The maximum atomic E-state index is 13.6. The molecule has 24 heavy (non-hydrogen) atoms. The van der Waals surface area contributed by atoms with Gasteiger partial charge in [-0.25, -0.2) is 9.37 Å². The Morgan fingerprint density at radius 1 is 1.21 bits per heavy atom. The van der Waals surface area contributed by atoms with Crippen LogP contribution in [0, 0.1) is 5.82 Å². The lowest BCUT2D eigenvalue weighted by Gasteiger charge is -2.13. The van der Waals surface area contributed by atoms with Crippen LogP contribution in [0.25, 0.3) is 11.0 Å². The second-order valence-corrected chi connectivity index (χ2v) is 5.52. The van der Waals surface area contributed by atoms with Gasteiger partial charge in [0.1, 0.15) is 5.82 Å². The maximum Gasteiger partial charge on any atom is 0.221 e. The number of amides is 1. The minimum atomic E-state index is -1.07. The van der Waals surface area contributed by atoms with Gasteiger partial charge in [-0.3, -0.25) is 4.79 Å². The standard InChI is InChI=1S/C18H18FN3O2/c19-14-6-2-1-5-13(14)17(23)11-20-18(24)9-10-22-12-21-15-7-3-4-8-16(15)22/h1-8,12,17,23H,9-11H2,(H,20,24)/t17-/m1/s1. The number of rotatable bonds is 6. The molecule has 2 aromatic carbocycles. The maximum absolute atomic E-state index is 13.6. The van der Waals surface area contributed by atoms with Gasteiger partial charge in [0.25, 0.3) is 0 Å². The van der Waals surface area contributed by atoms with E-state index in [0.717, 1.165) is 11.0 Å². The van der Waals surface area contributed by atoms with E-state index in [1.165, 1.54) is 12.1 Å². The van der Waals surface area contributed by atoms with Crippen LogP contribution >= 0.6 is 0 Å². The van der Waals surface area contributed by atoms with Gasteiger partial charge in [0.05, 0.1) is 23.5 Å². The summed E-state index contributed by atoms with van der Waals surface area (Å²) < 4.78 is 15.5. The molecule has 0 saturated heterocycles. The fourth-order valence-corrected chi connectivity index (χ4v) is 2.56. The number of imidazole rings is 1. The van der Waals surface area contributed by atoms with Gasteiger partial charge in [0.2, 0.25) is 5.91 Å². The first-order chi connectivity index (χ1) is 11.6. The van der Waals surface area contributed by atoms with Crippen LogP contribution in [0.1, 0.15) is 18.1 Å². The van der Waals surface area contributed by atoms with E-state index < -0.39 is 11.9 Å². The second kappa shape index (κ2) is 7.23. The van der Waals surface area contributed by atoms with Gasteiger partial charge in [-0.05, 0) is 18.2 Å². The van der Waals surface area contributed by atoms with Crippen LogP contribution in [0.15, 0.2) is 54.9 Å². The summed E-state index contributed by atoms with van der Waals surface area (Å²) >= 11 is 0. The van der Waals surface area contributed by atoms with Crippen molar-refractivity contribution in [2.45, 2.75) is 19.1 Å². The highest BCUT2D eigenvalue weighted by Gasteiger charge is 2.13. The zero-order chi connectivity index (χ0) is 16.9. The molecule has 1 heterocycles. The van der Waals surface area contributed by atoms with Gasteiger partial charge < -0.3 is 15.0 Å². The van der Waals surface area contributed by atoms with Gasteiger partial charge in [0, 0.05) is 25.1 Å². The second-order valence-electron chi connectivity index (χ2n) is 5.52. The molecule has 3 rings (SSSR count). The molecule has 6 heteroatoms. The Labute approximate surface area is 138 Å². The van der Waals surface area contributed by atoms with Crippen LogP contribution in [0.3, 0.4) is 0 Å². The zero-order valence-corrected chi connectivity index (χ0v) is 13.0. The van der Waals surface area contributed by atoms with Crippen molar-refractivity contribution in [2.24, 2.45) is 0 Å². The predicted molar refractivity (Wildman–Crippen MR) is 88.7 cm³/mol. The number of aliphatic hydroxyl groups excluding tert-OH is 1. The molecule has 0 aliphatic carbocycles. The van der Waals surface area contributed by atoms with E-state index in [0.29, 0.717) is 6.54 Å². The lowest BCUT2D eigenvalue weighted by molar-refractivity contribution is -0.121. The first kappa shape index (κ1) is 16.1. The molecule has 0 aliphatic heterocycles. The number of aliphatic hydroxyl groups is 1. The van der Waals surface area contributed by atoms with E-state index in [1.54, 1.807) is 18.5 Å². The number of aromatic nitrogens is 2. The average molecular weight is 327 g/mol. The lowest BCUT2D eigenvalue weighted by atomic mass is 10.1. The molecule has 2 N–H and O–H groups in total. The third kappa shape index (κ3) is 3.60. The van der Waals surface area contributed by atoms with Crippen LogP contribution in [-0.4, -0.2) is 27.1 Å². The van der Waals surface area contributed by atoms with Crippen LogP contribution < -0.4 is 5.32 Å². The summed E-state index contributed by atoms with van der Waals surface area (Å²) in [6, 6.07) is 13.7. The summed E-state index contributed by atoms with van der Waals surface area (Å²) in [5.41, 5.74) is 2.03. The average Bonchev–Trinajstić information content (AvgIpc) is 3.01. The molecule has 124 valence electrons. The molecule has 3 aromatic rings. The first-order valence-electron chi connectivity index (χ1n) is 7.74. The molecule has 0 bridgehead atoms. The summed E-state index contributed by atoms with van der Waals surface area (Å²) in [4.78, 5) is 16.2. The molecule has 5 nitrogen and oxygen atoms in total. The number of hydrogen-bond acceptors (Lipinski definition) is 3. The van der Waals surface area contributed by atoms with Crippen LogP contribution in [-0.2, 0) is 11.3 Å². The number of nitrogens with zero attached hydrogens (tertiary/aromatic N) is 2. The minimum Gasteiger partial charge on any atom is -0.386 e. The highest BCUT2D eigenvalue weighted by molar-refractivity contribution is 5.77. The van der Waals surface area contributed by atoms with Gasteiger partial charge in [-0.1, -0.05) is 30.3 Å². The van der Waals surface area contributed by atoms with Gasteiger partial charge in [-0.15, -0.1) is 0 Å². The molecule has 1 atom stereocenters. The smallest absolute Gasteiger partial charge is 0.221 e. The van der Waals surface area contributed by atoms with Crippen molar-refractivity contribution >= 4 is 16.9 Å². The summed E-state index contributed by atoms with van der Waals surface area (Å²) in [6.45, 7) is 0.465. The fraction of sp³-hybridized carbons (Fsp3) is 0.222. The van der Waals surface area contributed by atoms with Crippen molar-refractivity contribution in [2.75, 3.05) is 6.54 Å². The normalized spacial score (nSPS) is 12.2. The Balaban J connectivity index is 1.52. The Bertz CT molecular complexity index is 847. The van der Waals surface area contributed by atoms with E-state index in [-0.39, 0.29) is 24.4 Å². The highest BCUT2D eigenvalue weighted by atomic mass is 19.1. The monoisotopic (exact) mass is 327 g/mol. The van der Waals surface area contributed by atoms with Crippen LogP contribution in [0.4, 0.5) is 4.39 Å². The van der Waals surface area contributed by atoms with E-state index >= 15 is 0 Å². The minimum absolute atomic E-state index is 0.0234. The largest absolute Gasteiger partial charge is 0.386 e. The third-order valence-electron chi connectivity index (χ3n) is 3.86. The van der Waals surface area contributed by atoms with Gasteiger partial charge in [-0.2, -0.15) is 0 Å². The summed E-state index contributed by atoms with van der Waals surface area (Å²) in [7, 11) is 0. The third-order valence-corrected chi connectivity index (χ3v) is 3.86. The summed E-state index contributed by atoms with van der Waals surface area (Å²) in [6.07, 6.45) is 0.889. The van der Waals surface area contributed by atoms with Crippen LogP contribution in [0.5, 0.6) is 0 Å². The number of para-hydroxylation sites is 2. The van der Waals surface area contributed by atoms with E-state index in [2.05, 4.69) is 10.3 Å². The molecule has 0 aliphatic rings. The van der Waals surface area contributed by atoms with Crippen LogP contribution in [0.2, 0.25) is 0 Å².